The van der Waals surface area contributed by atoms with Crippen LogP contribution in [0.2, 0.25) is 0 Å². The molecular formula is C86H148I6N17O13S5-. The van der Waals surface area contributed by atoms with Crippen molar-refractivity contribution in [3.63, 3.8) is 0 Å². The van der Waals surface area contributed by atoms with Gasteiger partial charge in [0.05, 0.1) is 69.8 Å². The first kappa shape index (κ1) is 126. The summed E-state index contributed by atoms with van der Waals surface area (Å²) in [5.41, 5.74) is 19.8. The van der Waals surface area contributed by atoms with E-state index < -0.39 is 47.4 Å². The molecule has 127 heavy (non-hydrogen) atoms. The maximum atomic E-state index is 12.3. The Kier molecular flexibility index (Phi) is 68.5. The molecule has 0 unspecified atom stereocenters. The number of rotatable bonds is 24. The van der Waals surface area contributed by atoms with Gasteiger partial charge in [-0.3, -0.25) is 59.2 Å². The number of carbonyl (C=O) groups is 6. The molecule has 5 aromatic heterocycles. The van der Waals surface area contributed by atoms with Crippen molar-refractivity contribution in [3.8, 4) is 5.75 Å². The molecule has 8 heterocycles. The number of Topliss-reactive ketones (excluding diaryl/α,β-unsaturated/α-hetero) is 1. The quantitative estimate of drug-likeness (QED) is 0.00623. The third kappa shape index (κ3) is 63.1. The number of aromatic nitrogens is 5. The van der Waals surface area contributed by atoms with E-state index in [4.69, 9.17) is 35.2 Å². The van der Waals surface area contributed by atoms with Crippen LogP contribution in [-0.2, 0) is 61.5 Å². The van der Waals surface area contributed by atoms with Gasteiger partial charge in [0.25, 0.3) is 5.69 Å². The fourth-order valence-electron chi connectivity index (χ4n) is 11.8. The van der Waals surface area contributed by atoms with E-state index in [1.165, 1.54) is 159 Å². The van der Waals surface area contributed by atoms with E-state index in [0.717, 1.165) is 55.5 Å². The van der Waals surface area contributed by atoms with Gasteiger partial charge in [-0.05, 0) is 199 Å². The molecule has 3 aliphatic heterocycles. The number of carbonyl (C=O) groups excluding carboxylic acids is 6. The average Bonchev–Trinajstić information content (AvgIpc) is 1.40. The number of piperazine rings is 1. The minimum absolute atomic E-state index is 0. The van der Waals surface area contributed by atoms with E-state index in [1.807, 2.05) is 12.3 Å². The Labute approximate surface area is 848 Å². The van der Waals surface area contributed by atoms with Crippen LogP contribution < -0.4 is 50.7 Å². The fourth-order valence-corrected chi connectivity index (χ4v) is 14.6. The molecule has 9 rings (SSSR count). The van der Waals surface area contributed by atoms with E-state index in [-0.39, 0.29) is 66.9 Å². The predicted molar refractivity (Wildman–Crippen MR) is 562 cm³/mol. The largest absolute Gasteiger partial charge is 0.514 e. The number of nitro groups is 1. The SMILES string of the molecule is CC(C)(C)CC1CCN(C(C)(C)C)CC1.CC(C)(C)N1CCN(C(C)(C)C)CC1.CC(C)(C)NC1CCN(C(C)(C)C)CC1.CC(C)c1nc(CN(C)C(=O)N[C@@H](C)C(=O)CC(=O)OCc2cncs2)cs1.CCCN.CCCNC(=O)OCc1cncs1.I.II.I[I-]I.NCCNC(=O)OCc1cncs1.O=C(OCc1cncs1)Oc1ccc([N+](=O)[O-])cc1. The Morgan fingerprint density at radius 3 is 1.31 bits per heavy atom. The zero-order valence-electron chi connectivity index (χ0n) is 79.2. The van der Waals surface area contributed by atoms with Gasteiger partial charge in [0.1, 0.15) is 38.6 Å². The molecule has 3 aliphatic rings. The van der Waals surface area contributed by atoms with Gasteiger partial charge < -0.3 is 61.3 Å². The number of esters is 1. The van der Waals surface area contributed by atoms with Gasteiger partial charge in [-0.15, -0.1) is 80.7 Å². The van der Waals surface area contributed by atoms with Crippen molar-refractivity contribution in [3.05, 3.63) is 117 Å². The number of nitrogens with one attached hydrogen (secondary N) is 4. The Morgan fingerprint density at radius 1 is 0.583 bits per heavy atom. The summed E-state index contributed by atoms with van der Waals surface area (Å²) < 4.78 is 24.5. The van der Waals surface area contributed by atoms with E-state index in [1.54, 1.807) is 72.1 Å². The molecule has 0 aliphatic carbocycles. The second-order valence-electron chi connectivity index (χ2n) is 36.1. The van der Waals surface area contributed by atoms with E-state index in [0.29, 0.717) is 85.6 Å². The summed E-state index contributed by atoms with van der Waals surface area (Å²) in [4.78, 5) is 115. The topological polar surface area (TPSA) is 373 Å². The van der Waals surface area contributed by atoms with Crippen LogP contribution in [0.15, 0.2) is 76.5 Å². The van der Waals surface area contributed by atoms with Gasteiger partial charge in [-0.2, -0.15) is 0 Å². The van der Waals surface area contributed by atoms with E-state index in [2.05, 4.69) is 286 Å². The van der Waals surface area contributed by atoms with Crippen molar-refractivity contribution in [2.24, 2.45) is 22.8 Å². The van der Waals surface area contributed by atoms with Gasteiger partial charge in [0.2, 0.25) is 0 Å². The maximum Gasteiger partial charge on any atom is 0.514 e. The summed E-state index contributed by atoms with van der Waals surface area (Å²) in [6, 6.07) is 4.64. The van der Waals surface area contributed by atoms with Crippen molar-refractivity contribution in [1.82, 2.24) is 70.7 Å². The third-order valence-corrected chi connectivity index (χ3v) is 22.7. The zero-order chi connectivity index (χ0) is 95.9. The molecule has 4 amide bonds. The molecule has 6 aromatic rings. The first-order valence-electron chi connectivity index (χ1n) is 42.2. The standard InChI is InChI=1S/C18H24N4O4S2.C14H29N.C13H28N2.C12H26N2.C11H8N2O5S.C8H12N2O2S.C7H11N3O2S.C3H9N.I3.I2.HI/c1-11(2)17-21-13(9-27-17)7-22(4)18(25)20-12(3)15(23)5-16(24)26-8-14-6-19-10-28-14;1-13(2,3)11-12-7-9-15(10-8-12)14(4,5)6;1-12(2,3)14-11-7-9-15(10-8-11)13(4,5)6;1-11(2,3)13-7-9-14(10-8-13)12(4,5)6;14-11(17-6-10-5-12-7-19-10)18-9-3-1-8(2-4-9)13(15)16;1-2-3-10-8(11)12-5-7-4-9-6-13-7;8-1-2-10-7(11)12-4-6-3-9-5-13-6;1-2-3-4;1-3-2;1-2;/h6,9-12H,5,7-8H2,1-4H3,(H,20,25);12H,7-11H2,1-6H3;11,14H,7-10H2,1-6H3;7-10H2,1-6H3;1-5,7H,6H2;4,6H,2-3,5H2,1H3,(H,10,11);3,5H,1-2,4,8H2,(H,10,11);2-4H2,1H3;;;1H/q;;;;;;;;-1;;/t12-;;;;;;;;;;/m0........../s1. The molecule has 728 valence electrons. The fraction of sp³-hybridized carbons (Fsp3) is 0.686. The number of ether oxygens (including phenoxy) is 5. The Bertz CT molecular complexity index is 3700. The van der Waals surface area contributed by atoms with Crippen LogP contribution in [0.3, 0.4) is 0 Å². The van der Waals surface area contributed by atoms with E-state index in [9.17, 15) is 38.9 Å². The molecule has 41 heteroatoms. The summed E-state index contributed by atoms with van der Waals surface area (Å²) >= 11 is 16.7. The minimum atomic E-state index is -0.873. The summed E-state index contributed by atoms with van der Waals surface area (Å²) in [6.07, 6.45) is 13.2. The predicted octanol–water partition coefficient (Wildman–Crippen LogP) is 18.1. The number of non-ortho nitro benzene ring substituents is 1. The van der Waals surface area contributed by atoms with Crippen LogP contribution >= 0.6 is 155 Å². The Morgan fingerprint density at radius 2 is 0.969 bits per heavy atom. The van der Waals surface area contributed by atoms with Crippen LogP contribution in [0.5, 0.6) is 5.75 Å². The number of likely N-dealkylation sites (tertiary alicyclic amines) is 2. The molecule has 3 fully saturated rings. The molecule has 8 N–H and O–H groups in total. The number of hydrogen-bond donors (Lipinski definition) is 6. The van der Waals surface area contributed by atoms with Crippen LogP contribution in [0.4, 0.5) is 24.9 Å². The maximum absolute atomic E-state index is 12.3. The number of benzene rings is 1. The van der Waals surface area contributed by atoms with Crippen molar-refractivity contribution in [1.29, 1.82) is 0 Å². The summed E-state index contributed by atoms with van der Waals surface area (Å²) in [6.45, 7) is 64.6. The number of piperidine rings is 2. The minimum Gasteiger partial charge on any atom is -0.444 e. The number of amides is 4. The number of urea groups is 1. The van der Waals surface area contributed by atoms with Crippen molar-refractivity contribution in [2.45, 2.75) is 289 Å². The van der Waals surface area contributed by atoms with Gasteiger partial charge in [-0.25, -0.2) is 24.2 Å². The van der Waals surface area contributed by atoms with Crippen LogP contribution in [0, 0.1) is 21.4 Å². The number of nitro benzene ring substituents is 1. The number of thiazole rings is 5. The summed E-state index contributed by atoms with van der Waals surface area (Å²) in [5.74, 6) is 0.443. The smallest absolute Gasteiger partial charge is 0.444 e. The second-order valence-corrected chi connectivity index (χ2v) is 57.1. The first-order valence-corrected chi connectivity index (χ1v) is 65.5. The average molecular weight is 2550 g/mol. The molecule has 0 saturated carbocycles. The molecule has 0 bridgehead atoms. The summed E-state index contributed by atoms with van der Waals surface area (Å²) in [7, 11) is 1.63. The molecule has 1 aromatic carbocycles. The van der Waals surface area contributed by atoms with Crippen molar-refractivity contribution < 1.29 is 70.6 Å². The Balaban J connectivity index is 0. The van der Waals surface area contributed by atoms with Crippen LogP contribution in [0.1, 0.15) is 247 Å². The first-order chi connectivity index (χ1) is 59.0. The van der Waals surface area contributed by atoms with Crippen LogP contribution in [0.25, 0.3) is 0 Å². The van der Waals surface area contributed by atoms with Crippen molar-refractivity contribution in [2.75, 3.05) is 85.6 Å². The van der Waals surface area contributed by atoms with Gasteiger partial charge in [-0.1, -0.05) is 48.5 Å². The second kappa shape index (κ2) is 69.0. The van der Waals surface area contributed by atoms with Crippen LogP contribution in [-0.4, -0.2) is 216 Å². The summed E-state index contributed by atoms with van der Waals surface area (Å²) in [5, 5.41) is 24.8. The number of nitrogens with two attached hydrogens (primary N) is 2. The van der Waals surface area contributed by atoms with E-state index >= 15 is 0 Å². The number of ketones is 1. The number of alkyl carbamates (subject to hydrolysis) is 2. The third-order valence-electron chi connectivity index (χ3n) is 18.5. The van der Waals surface area contributed by atoms with Gasteiger partial charge >= 0.3 is 80.8 Å². The molecular weight excluding hydrogens is 2400 g/mol. The van der Waals surface area contributed by atoms with Crippen molar-refractivity contribution >= 4 is 197 Å². The molecule has 30 nitrogen and oxygen atoms in total. The zero-order valence-corrected chi connectivity index (χ0v) is 96.4. The van der Waals surface area contributed by atoms with Gasteiger partial charge in [0, 0.05) is 185 Å². The number of halogens is 6. The Hall–Kier alpha value is -2.91. The monoisotopic (exact) mass is 2550 g/mol. The molecule has 0 spiro atoms. The number of nitrogens with zero attached hydrogens (tertiary/aromatic N) is 11. The number of hydrogen-bond acceptors (Lipinski definition) is 30. The molecule has 0 radical (unpaired) electrons. The van der Waals surface area contributed by atoms with Gasteiger partial charge in [0.15, 0.2) is 5.78 Å². The normalized spacial score (nSPS) is 14.2. The molecule has 3 saturated heterocycles. The molecule has 1 atom stereocenters.